The predicted octanol–water partition coefficient (Wildman–Crippen LogP) is -1.72. The van der Waals surface area contributed by atoms with E-state index in [1.54, 1.807) is 18.2 Å². The number of ether oxygens (including phenoxy) is 7. The highest BCUT2D eigenvalue weighted by Crippen LogP contribution is 2.57. The van der Waals surface area contributed by atoms with Gasteiger partial charge in [-0.3, -0.25) is 14.6 Å². The number of rotatable bonds is 11. The number of esters is 1. The van der Waals surface area contributed by atoms with Crippen molar-refractivity contribution < 1.29 is 68.3 Å². The molecule has 1 fully saturated rings. The van der Waals surface area contributed by atoms with Gasteiger partial charge in [-0.15, -0.1) is 0 Å². The van der Waals surface area contributed by atoms with Gasteiger partial charge < -0.3 is 70.2 Å². The molecule has 0 amide bonds. The summed E-state index contributed by atoms with van der Waals surface area (Å²) < 4.78 is 41.1. The number of nitrogens with two attached hydrogens (primary N) is 2. The maximum atomic E-state index is 12.2. The van der Waals surface area contributed by atoms with Gasteiger partial charge in [0.1, 0.15) is 48.4 Å². The molecule has 17 heteroatoms. The average molecular weight is 724 g/mol. The van der Waals surface area contributed by atoms with E-state index < -0.39 is 74.2 Å². The Morgan fingerprint density at radius 3 is 2.58 bits per heavy atom. The number of aliphatic carboxylic acids is 1. The second-order valence-corrected chi connectivity index (χ2v) is 12.6. The lowest BCUT2D eigenvalue weighted by Crippen LogP contribution is -2.66. The number of hydrogen-bond acceptors (Lipinski definition) is 16. The van der Waals surface area contributed by atoms with Crippen LogP contribution in [0.4, 0.5) is 0 Å². The Kier molecular flexibility index (Phi) is 9.66. The van der Waals surface area contributed by atoms with Crippen LogP contribution in [-0.2, 0) is 19.1 Å². The molecule has 4 heterocycles. The van der Waals surface area contributed by atoms with E-state index in [0.29, 0.717) is 40.7 Å². The molecular formula is C35H37N3O14. The van der Waals surface area contributed by atoms with Gasteiger partial charge in [0.15, 0.2) is 24.4 Å². The van der Waals surface area contributed by atoms with Crippen LogP contribution in [0.1, 0.15) is 35.1 Å². The van der Waals surface area contributed by atoms with E-state index in [4.69, 9.17) is 54.7 Å². The van der Waals surface area contributed by atoms with Crippen molar-refractivity contribution in [2.24, 2.45) is 16.5 Å². The number of carboxylic acid groups (broad SMARTS) is 1. The Bertz CT molecular complexity index is 2010. The number of carbonyl (C=O) groups is 2. The highest BCUT2D eigenvalue weighted by molar-refractivity contribution is 5.90. The van der Waals surface area contributed by atoms with E-state index in [2.05, 4.69) is 0 Å². The fourth-order valence-corrected chi connectivity index (χ4v) is 7.08. The van der Waals surface area contributed by atoms with Gasteiger partial charge >= 0.3 is 11.9 Å². The number of carboxylic acids is 1. The molecule has 9 N–H and O–H groups in total. The van der Waals surface area contributed by atoms with E-state index in [-0.39, 0.29) is 18.3 Å². The first-order valence-electron chi connectivity index (χ1n) is 16.3. The molecule has 1 saturated heterocycles. The van der Waals surface area contributed by atoms with Crippen LogP contribution in [0, 0.1) is 0 Å². The molecule has 0 spiro atoms. The van der Waals surface area contributed by atoms with Crippen LogP contribution < -0.4 is 45.7 Å². The van der Waals surface area contributed by atoms with Crippen molar-refractivity contribution in [1.82, 2.24) is 0 Å². The molecule has 0 radical (unpaired) electrons. The van der Waals surface area contributed by atoms with Gasteiger partial charge in [-0.05, 0) is 29.3 Å². The molecule has 3 aromatic rings. The number of aliphatic hydroxyl groups is 4. The Morgan fingerprint density at radius 2 is 1.85 bits per heavy atom. The molecule has 17 nitrogen and oxygen atoms in total. The predicted molar refractivity (Wildman–Crippen MR) is 175 cm³/mol. The highest BCUT2D eigenvalue weighted by Gasteiger charge is 2.51. The lowest BCUT2D eigenvalue weighted by molar-refractivity contribution is -0.291. The standard InChI is InChI=1S/C35H37N3O14/c1-46-31-21(48-13-39)7-6-16-19-12-47-22-9-14(8-17(25(22)29(19)51-30(16)31)18-11-38-20-5-3-2-4-15(18)20)49-35-28(45)26(43)27(44)32(52-35)33(34(36)37)50-24(42)10-23(40)41/h2-9,19,26-29,32-35,39,43-45H,10-13,36-37H2,1H3,(H,40,41)/t19-,26-,27-,28+,29+,32-,33-,35+/m0/s1. The Labute approximate surface area is 295 Å². The second-order valence-electron chi connectivity index (χ2n) is 12.6. The summed E-state index contributed by atoms with van der Waals surface area (Å²) in [5.74, 6) is -1.38. The first-order chi connectivity index (χ1) is 25.0. The van der Waals surface area contributed by atoms with Gasteiger partial charge in [0.05, 0.1) is 37.7 Å². The smallest absolute Gasteiger partial charge is 0.317 e. The molecule has 0 bridgehead atoms. The van der Waals surface area contributed by atoms with Crippen molar-refractivity contribution in [1.29, 1.82) is 0 Å². The third-order valence-electron chi connectivity index (χ3n) is 9.45. The first kappa shape index (κ1) is 35.4. The fraction of sp³-hybridized carbons (Fsp3) is 0.400. The summed E-state index contributed by atoms with van der Waals surface area (Å²) in [6.07, 6.45) is -13.6. The molecule has 0 unspecified atom stereocenters. The van der Waals surface area contributed by atoms with Crippen LogP contribution in [0.3, 0.4) is 0 Å². The molecule has 7 rings (SSSR count). The summed E-state index contributed by atoms with van der Waals surface area (Å²) >= 11 is 0. The minimum atomic E-state index is -1.88. The molecule has 0 aliphatic carbocycles. The number of nitrogens with zero attached hydrogens (tertiary/aromatic N) is 1. The number of carbonyl (C=O) groups excluding carboxylic acids is 1. The van der Waals surface area contributed by atoms with Gasteiger partial charge in [0.2, 0.25) is 12.0 Å². The maximum Gasteiger partial charge on any atom is 0.317 e. The maximum absolute atomic E-state index is 12.2. The van der Waals surface area contributed by atoms with Crippen molar-refractivity contribution >= 4 is 17.5 Å². The third kappa shape index (κ3) is 6.25. The van der Waals surface area contributed by atoms with Gasteiger partial charge in [-0.25, -0.2) is 0 Å². The minimum absolute atomic E-state index is 0.124. The molecule has 0 saturated carbocycles. The fourth-order valence-electron chi connectivity index (χ4n) is 7.08. The van der Waals surface area contributed by atoms with E-state index in [1.165, 1.54) is 7.11 Å². The number of methoxy groups -OCH3 is 1. The van der Waals surface area contributed by atoms with Crippen LogP contribution >= 0.6 is 0 Å². The number of hydrogen-bond donors (Lipinski definition) is 7. The topological polar surface area (TPSA) is 264 Å². The molecule has 8 atom stereocenters. The summed E-state index contributed by atoms with van der Waals surface area (Å²) in [5.41, 5.74) is 14.6. The molecule has 4 aliphatic heterocycles. The van der Waals surface area contributed by atoms with E-state index in [9.17, 15) is 30.0 Å². The Balaban J connectivity index is 1.27. The average Bonchev–Trinajstić information content (AvgIpc) is 3.72. The minimum Gasteiger partial charge on any atom is -0.492 e. The molecule has 276 valence electrons. The zero-order valence-corrected chi connectivity index (χ0v) is 27.7. The summed E-state index contributed by atoms with van der Waals surface area (Å²) in [4.78, 5) is 28.0. The SMILES string of the molecule is COc1c(OCO)ccc2c1O[C@H]1c3c(cc(O[C@@H]4O[C@H]([C@H](OC(=O)CC(=O)O)C(N)N)[C@@H](O)[C@H](O)[C@H]4O)cc3C3=c4ccccc4=NC3)OC[C@@H]21. The number of fused-ring (bicyclic) bond motifs is 6. The van der Waals surface area contributed by atoms with Crippen LogP contribution in [0.25, 0.3) is 5.57 Å². The van der Waals surface area contributed by atoms with Gasteiger partial charge in [-0.2, -0.15) is 0 Å². The monoisotopic (exact) mass is 723 g/mol. The quantitative estimate of drug-likeness (QED) is 0.0659. The van der Waals surface area contributed by atoms with Crippen LogP contribution in [0.5, 0.6) is 28.7 Å². The van der Waals surface area contributed by atoms with E-state index in [1.807, 2.05) is 30.3 Å². The zero-order chi connectivity index (χ0) is 36.8. The molecule has 3 aromatic carbocycles. The summed E-state index contributed by atoms with van der Waals surface area (Å²) in [6.45, 7) is -0.0565. The van der Waals surface area contributed by atoms with Crippen molar-refractivity contribution in [3.8, 4) is 28.7 Å². The van der Waals surface area contributed by atoms with Crippen molar-refractivity contribution in [3.05, 3.63) is 75.8 Å². The molecule has 4 aliphatic rings. The largest absolute Gasteiger partial charge is 0.492 e. The summed E-state index contributed by atoms with van der Waals surface area (Å²) in [6, 6.07) is 14.4. The second kappa shape index (κ2) is 14.2. The van der Waals surface area contributed by atoms with Crippen molar-refractivity contribution in [2.45, 2.75) is 61.4 Å². The normalized spacial score (nSPS) is 26.1. The van der Waals surface area contributed by atoms with E-state index in [0.717, 1.165) is 21.7 Å². The zero-order valence-electron chi connectivity index (χ0n) is 27.7. The van der Waals surface area contributed by atoms with Gasteiger partial charge in [0.25, 0.3) is 0 Å². The first-order valence-corrected chi connectivity index (χ1v) is 16.3. The Morgan fingerprint density at radius 1 is 1.06 bits per heavy atom. The van der Waals surface area contributed by atoms with Crippen LogP contribution in [-0.4, -0.2) is 108 Å². The van der Waals surface area contributed by atoms with Crippen molar-refractivity contribution in [2.75, 3.05) is 27.1 Å². The van der Waals surface area contributed by atoms with Crippen LogP contribution in [0.2, 0.25) is 0 Å². The van der Waals surface area contributed by atoms with E-state index >= 15 is 0 Å². The summed E-state index contributed by atoms with van der Waals surface area (Å²) in [5, 5.41) is 52.6. The lowest BCUT2D eigenvalue weighted by Gasteiger charge is -2.43. The van der Waals surface area contributed by atoms with Gasteiger partial charge in [-0.1, -0.05) is 24.3 Å². The number of aliphatic hydroxyl groups excluding tert-OH is 4. The molecule has 0 aromatic heterocycles. The van der Waals surface area contributed by atoms with Crippen molar-refractivity contribution in [3.63, 3.8) is 0 Å². The highest BCUT2D eigenvalue weighted by atomic mass is 16.7. The van der Waals surface area contributed by atoms with Crippen LogP contribution in [0.15, 0.2) is 53.5 Å². The third-order valence-corrected chi connectivity index (χ3v) is 9.45. The lowest BCUT2D eigenvalue weighted by atomic mass is 9.84. The van der Waals surface area contributed by atoms with Gasteiger partial charge in [0, 0.05) is 22.4 Å². The summed E-state index contributed by atoms with van der Waals surface area (Å²) in [7, 11) is 1.48. The number of para-hydroxylation sites is 1. The number of benzene rings is 3. The molecular weight excluding hydrogens is 686 g/mol. The molecule has 52 heavy (non-hydrogen) atoms. The Hall–Kier alpha value is -5.01.